The van der Waals surface area contributed by atoms with Gasteiger partial charge in [0.1, 0.15) is 0 Å². The van der Waals surface area contributed by atoms with Crippen molar-refractivity contribution in [1.82, 2.24) is 0 Å². The van der Waals surface area contributed by atoms with Gasteiger partial charge in [-0.2, -0.15) is 0 Å². The molecule has 0 N–H and O–H groups in total. The van der Waals surface area contributed by atoms with Gasteiger partial charge in [-0.15, -0.1) is 0 Å². The summed E-state index contributed by atoms with van der Waals surface area (Å²) in [7, 11) is -1.22. The summed E-state index contributed by atoms with van der Waals surface area (Å²) in [5, 5.41) is 2.45. The van der Waals surface area contributed by atoms with Gasteiger partial charge in [0, 0.05) is 0 Å². The minimum atomic E-state index is -2.70. The molecule has 3 aromatic carbocycles. The van der Waals surface area contributed by atoms with Gasteiger partial charge in [0.05, 0.1) is 19.1 Å². The molecule has 0 aliphatic heterocycles. The Morgan fingerprint density at radius 2 is 1.36 bits per heavy atom. The lowest BCUT2D eigenvalue weighted by Gasteiger charge is -2.45. The fourth-order valence-corrected chi connectivity index (χ4v) is 9.99. The van der Waals surface area contributed by atoms with Crippen LogP contribution in [0.5, 0.6) is 0 Å². The van der Waals surface area contributed by atoms with Gasteiger partial charge in [0.2, 0.25) is 0 Å². The first-order valence-electron chi connectivity index (χ1n) is 11.8. The molecule has 0 radical (unpaired) electrons. The number of hydrogen-bond donors (Lipinski definition) is 0. The smallest absolute Gasteiger partial charge is 0.308 e. The van der Waals surface area contributed by atoms with Gasteiger partial charge in [-0.3, -0.25) is 4.79 Å². The van der Waals surface area contributed by atoms with Crippen LogP contribution in [0.25, 0.3) is 0 Å². The molecule has 1 aliphatic carbocycles. The van der Waals surface area contributed by atoms with Crippen molar-refractivity contribution >= 4 is 24.7 Å². The lowest BCUT2D eigenvalue weighted by Crippen LogP contribution is -2.66. The third kappa shape index (κ3) is 4.55. The molecule has 4 rings (SSSR count). The first-order chi connectivity index (χ1) is 15.9. The number of hydrogen-bond acceptors (Lipinski definition) is 3. The highest BCUT2D eigenvalue weighted by molar-refractivity contribution is 6.99. The van der Waals surface area contributed by atoms with E-state index < -0.39 is 8.32 Å². The van der Waals surface area contributed by atoms with E-state index in [1.807, 2.05) is 0 Å². The fraction of sp³-hybridized carbons (Fsp3) is 0.345. The fourth-order valence-electron chi connectivity index (χ4n) is 5.30. The zero-order valence-corrected chi connectivity index (χ0v) is 21.1. The quantitative estimate of drug-likeness (QED) is 0.291. The third-order valence-electron chi connectivity index (χ3n) is 6.92. The molecule has 0 bridgehead atoms. The molecule has 0 heterocycles. The minimum absolute atomic E-state index is 0.0813. The van der Waals surface area contributed by atoms with Crippen LogP contribution in [0.3, 0.4) is 0 Å². The summed E-state index contributed by atoms with van der Waals surface area (Å²) in [6.07, 6.45) is 2.16. The van der Waals surface area contributed by atoms with Crippen LogP contribution >= 0.6 is 0 Å². The van der Waals surface area contributed by atoms with Crippen LogP contribution in [0.1, 0.15) is 50.8 Å². The summed E-state index contributed by atoms with van der Waals surface area (Å²) >= 11 is 0. The Morgan fingerprint density at radius 3 is 1.91 bits per heavy atom. The van der Waals surface area contributed by atoms with Crippen molar-refractivity contribution in [3.8, 4) is 0 Å². The zero-order chi connectivity index (χ0) is 23.5. The Bertz CT molecular complexity index is 1030. The van der Waals surface area contributed by atoms with E-state index in [4.69, 9.17) is 9.16 Å². The van der Waals surface area contributed by atoms with Crippen LogP contribution in [0.2, 0.25) is 5.04 Å². The van der Waals surface area contributed by atoms with Crippen molar-refractivity contribution in [3.63, 3.8) is 0 Å². The Hall–Kier alpha value is -2.69. The maximum Gasteiger partial charge on any atom is 0.308 e. The van der Waals surface area contributed by atoms with Crippen molar-refractivity contribution in [2.45, 2.75) is 51.2 Å². The summed E-state index contributed by atoms with van der Waals surface area (Å²) in [6, 6.07) is 30.0. The topological polar surface area (TPSA) is 35.5 Å². The highest BCUT2D eigenvalue weighted by Crippen LogP contribution is 2.43. The second-order valence-electron chi connectivity index (χ2n) is 9.97. The lowest BCUT2D eigenvalue weighted by atomic mass is 9.97. The van der Waals surface area contributed by atoms with Crippen LogP contribution < -0.4 is 10.4 Å². The molecule has 33 heavy (non-hydrogen) atoms. The molecule has 2 atom stereocenters. The molecule has 2 unspecified atom stereocenters. The number of rotatable bonds is 5. The van der Waals surface area contributed by atoms with Gasteiger partial charge in [0.15, 0.2) is 0 Å². The van der Waals surface area contributed by atoms with E-state index in [0.717, 1.165) is 12.8 Å². The molecule has 0 amide bonds. The number of carbonyl (C=O) groups is 1. The molecule has 0 saturated heterocycles. The molecule has 0 saturated carbocycles. The summed E-state index contributed by atoms with van der Waals surface area (Å²) in [4.78, 5) is 12.5. The van der Waals surface area contributed by atoms with E-state index in [9.17, 15) is 4.79 Å². The third-order valence-corrected chi connectivity index (χ3v) is 12.0. The molecule has 0 spiro atoms. The molecule has 3 nitrogen and oxygen atoms in total. The summed E-state index contributed by atoms with van der Waals surface area (Å²) in [6.45, 7) is 6.91. The summed E-state index contributed by atoms with van der Waals surface area (Å²) < 4.78 is 12.6. The number of ether oxygens (including phenoxy) is 1. The van der Waals surface area contributed by atoms with E-state index in [-0.39, 0.29) is 23.0 Å². The average molecular weight is 459 g/mol. The Labute approximate surface area is 198 Å². The molecule has 4 heteroatoms. The van der Waals surface area contributed by atoms with Crippen molar-refractivity contribution < 1.29 is 14.0 Å². The maximum atomic E-state index is 12.5. The highest BCUT2D eigenvalue weighted by atomic mass is 28.4. The van der Waals surface area contributed by atoms with Crippen LogP contribution in [0.15, 0.2) is 84.9 Å². The van der Waals surface area contributed by atoms with Crippen LogP contribution in [0.4, 0.5) is 0 Å². The van der Waals surface area contributed by atoms with Crippen molar-refractivity contribution in [2.75, 3.05) is 7.11 Å². The number of fused-ring (bicyclic) bond motifs is 1. The van der Waals surface area contributed by atoms with Crippen molar-refractivity contribution in [2.24, 2.45) is 5.92 Å². The normalized spacial score (nSPS) is 18.8. The second kappa shape index (κ2) is 9.66. The first kappa shape index (κ1) is 23.5. The van der Waals surface area contributed by atoms with Crippen LogP contribution in [-0.2, 0) is 20.4 Å². The monoisotopic (exact) mass is 458 g/mol. The van der Waals surface area contributed by atoms with Gasteiger partial charge >= 0.3 is 5.97 Å². The Balaban J connectivity index is 1.86. The van der Waals surface area contributed by atoms with E-state index in [1.165, 1.54) is 28.6 Å². The molecule has 3 aromatic rings. The predicted octanol–water partition coefficient (Wildman–Crippen LogP) is 5.43. The molecular weight excluding hydrogens is 424 g/mol. The van der Waals surface area contributed by atoms with E-state index in [0.29, 0.717) is 6.42 Å². The van der Waals surface area contributed by atoms with Gasteiger partial charge < -0.3 is 9.16 Å². The van der Waals surface area contributed by atoms with Gasteiger partial charge in [-0.1, -0.05) is 106 Å². The predicted molar refractivity (Wildman–Crippen MR) is 136 cm³/mol. The van der Waals surface area contributed by atoms with Gasteiger partial charge in [0.25, 0.3) is 8.32 Å². The number of methoxy groups -OCH3 is 1. The number of benzene rings is 3. The molecule has 172 valence electrons. The number of carbonyl (C=O) groups excluding carboxylic acids is 1. The second-order valence-corrected chi connectivity index (χ2v) is 14.2. The van der Waals surface area contributed by atoms with E-state index >= 15 is 0 Å². The Morgan fingerprint density at radius 1 is 0.818 bits per heavy atom. The lowest BCUT2D eigenvalue weighted by molar-refractivity contribution is -0.145. The van der Waals surface area contributed by atoms with Gasteiger partial charge in [-0.05, 0) is 45.8 Å². The maximum absolute atomic E-state index is 12.5. The number of esters is 1. The van der Waals surface area contributed by atoms with Crippen molar-refractivity contribution in [3.05, 3.63) is 96.1 Å². The standard InChI is InChI=1S/C29H34O3Si/c1-29(2,3)33(24-14-7-5-8-15-24,25-16-9-6-10-17-25)32-27-20-19-23(28(30)31-4)21-22-13-11-12-18-26(22)27/h5-18,23,27H,19-21H2,1-4H3. The van der Waals surface area contributed by atoms with Gasteiger partial charge in [-0.25, -0.2) is 0 Å². The molecule has 0 aromatic heterocycles. The highest BCUT2D eigenvalue weighted by Gasteiger charge is 2.52. The summed E-state index contributed by atoms with van der Waals surface area (Å²) in [5.74, 6) is -0.264. The zero-order valence-electron chi connectivity index (χ0n) is 20.1. The Kier molecular flexibility index (Phi) is 6.87. The SMILES string of the molecule is COC(=O)C1CCC(O[Si](c2ccccc2)(c2ccccc2)C(C)(C)C)c2ccccc2C1. The van der Waals surface area contributed by atoms with Crippen LogP contribution in [0, 0.1) is 5.92 Å². The van der Waals surface area contributed by atoms with E-state index in [2.05, 4.69) is 106 Å². The summed E-state index contributed by atoms with van der Waals surface area (Å²) in [5.41, 5.74) is 2.39. The minimum Gasteiger partial charge on any atom is -0.469 e. The largest absolute Gasteiger partial charge is 0.469 e. The molecule has 0 fully saturated rings. The molecule has 1 aliphatic rings. The molecular formula is C29H34O3Si. The first-order valence-corrected chi connectivity index (χ1v) is 13.7. The average Bonchev–Trinajstić information content (AvgIpc) is 3.02. The van der Waals surface area contributed by atoms with Crippen LogP contribution in [-0.4, -0.2) is 21.4 Å². The van der Waals surface area contributed by atoms with Crippen molar-refractivity contribution in [1.29, 1.82) is 0 Å². The van der Waals surface area contributed by atoms with E-state index in [1.54, 1.807) is 0 Å².